The highest BCUT2D eigenvalue weighted by molar-refractivity contribution is 6.03. The molecule has 0 spiro atoms. The van der Waals surface area contributed by atoms with Crippen LogP contribution in [-0.2, 0) is 11.3 Å². The van der Waals surface area contributed by atoms with Gasteiger partial charge in [0, 0.05) is 51.1 Å². The summed E-state index contributed by atoms with van der Waals surface area (Å²) in [5, 5.41) is 0.738. The molecule has 1 aliphatic heterocycles. The van der Waals surface area contributed by atoms with Crippen molar-refractivity contribution in [2.75, 3.05) is 26.2 Å². The van der Waals surface area contributed by atoms with Crippen LogP contribution in [0.2, 0.25) is 0 Å². The van der Waals surface area contributed by atoms with Crippen LogP contribution in [0.15, 0.2) is 120 Å². The average molecular weight is 585 g/mol. The van der Waals surface area contributed by atoms with Gasteiger partial charge >= 0.3 is 0 Å². The molecule has 1 amide bonds. The zero-order valence-corrected chi connectivity index (χ0v) is 25.1. The van der Waals surface area contributed by atoms with E-state index in [4.69, 9.17) is 9.15 Å². The third-order valence-electron chi connectivity index (χ3n) is 8.14. The minimum Gasteiger partial charge on any atom is -0.477 e. The number of piperazine rings is 1. The lowest BCUT2D eigenvalue weighted by Crippen LogP contribution is -2.47. The van der Waals surface area contributed by atoms with Crippen LogP contribution in [-0.4, -0.2) is 47.7 Å². The number of amides is 1. The molecule has 222 valence electrons. The highest BCUT2D eigenvalue weighted by Crippen LogP contribution is 2.38. The molecular weight excluding hydrogens is 548 g/mol. The Morgan fingerprint density at radius 2 is 1.39 bits per heavy atom. The fourth-order valence-electron chi connectivity index (χ4n) is 5.74. The van der Waals surface area contributed by atoms with Crippen LogP contribution in [0.4, 0.5) is 0 Å². The quantitative estimate of drug-likeness (QED) is 0.132. The van der Waals surface area contributed by atoms with Crippen LogP contribution < -0.4 is 4.74 Å². The predicted molar refractivity (Wildman–Crippen MR) is 174 cm³/mol. The van der Waals surface area contributed by atoms with Crippen molar-refractivity contribution in [1.82, 2.24) is 9.80 Å². The van der Waals surface area contributed by atoms with Crippen molar-refractivity contribution in [2.24, 2.45) is 0 Å². The van der Waals surface area contributed by atoms with E-state index in [-0.39, 0.29) is 23.6 Å². The summed E-state index contributed by atoms with van der Waals surface area (Å²) in [6, 6.07) is 36.0. The second-order valence-corrected chi connectivity index (χ2v) is 11.3. The molecular formula is C38H36N2O4. The number of ketones is 1. The largest absolute Gasteiger partial charge is 0.477 e. The lowest BCUT2D eigenvalue weighted by atomic mass is 10.00. The van der Waals surface area contributed by atoms with Gasteiger partial charge in [-0.3, -0.25) is 14.5 Å². The maximum Gasteiger partial charge on any atom is 0.246 e. The Morgan fingerprint density at radius 3 is 1.98 bits per heavy atom. The van der Waals surface area contributed by atoms with E-state index in [9.17, 15) is 9.59 Å². The van der Waals surface area contributed by atoms with Gasteiger partial charge in [-0.1, -0.05) is 97.1 Å². The van der Waals surface area contributed by atoms with E-state index in [1.807, 2.05) is 90.7 Å². The van der Waals surface area contributed by atoms with Crippen LogP contribution >= 0.6 is 0 Å². The zero-order valence-electron chi connectivity index (χ0n) is 25.1. The van der Waals surface area contributed by atoms with Gasteiger partial charge in [0.15, 0.2) is 22.9 Å². The van der Waals surface area contributed by atoms with E-state index in [1.54, 1.807) is 12.1 Å². The van der Waals surface area contributed by atoms with Crippen molar-refractivity contribution in [2.45, 2.75) is 26.5 Å². The minimum absolute atomic E-state index is 0.0150. The number of Topliss-reactive ketones (excluding diaryl/α,β-unsaturated/α-hetero) is 1. The summed E-state index contributed by atoms with van der Waals surface area (Å²) in [6.07, 6.45) is 1.32. The van der Waals surface area contributed by atoms with Crippen molar-refractivity contribution in [3.05, 3.63) is 143 Å². The number of carbonyl (C=O) groups is 2. The molecule has 0 aliphatic carbocycles. The Balaban J connectivity index is 1.25. The van der Waals surface area contributed by atoms with Crippen LogP contribution in [0.25, 0.3) is 16.5 Å². The number of carbonyl (C=O) groups excluding carboxylic acids is 2. The third-order valence-corrected chi connectivity index (χ3v) is 8.14. The Kier molecular flexibility index (Phi) is 8.71. The zero-order chi connectivity index (χ0) is 30.5. The third kappa shape index (κ3) is 6.51. The van der Waals surface area contributed by atoms with Gasteiger partial charge in [0.25, 0.3) is 0 Å². The monoisotopic (exact) mass is 584 g/mol. The van der Waals surface area contributed by atoms with E-state index in [0.29, 0.717) is 24.4 Å². The molecule has 0 atom stereocenters. The van der Waals surface area contributed by atoms with E-state index in [0.717, 1.165) is 47.3 Å². The first-order valence-electron chi connectivity index (χ1n) is 15.0. The molecule has 1 aromatic heterocycles. The molecule has 6 rings (SSSR count). The summed E-state index contributed by atoms with van der Waals surface area (Å²) < 4.78 is 12.8. The topological polar surface area (TPSA) is 63.0 Å². The summed E-state index contributed by atoms with van der Waals surface area (Å²) in [7, 11) is 0. The van der Waals surface area contributed by atoms with Crippen LogP contribution in [0.1, 0.15) is 52.8 Å². The molecule has 5 aromatic rings. The average Bonchev–Trinajstić information content (AvgIpc) is 3.52. The molecule has 4 aromatic carbocycles. The minimum atomic E-state index is -0.379. The van der Waals surface area contributed by atoms with Gasteiger partial charge < -0.3 is 14.1 Å². The van der Waals surface area contributed by atoms with Crippen LogP contribution in [0, 0.1) is 0 Å². The molecule has 0 N–H and O–H groups in total. The van der Waals surface area contributed by atoms with Crippen molar-refractivity contribution in [1.29, 1.82) is 0 Å². The van der Waals surface area contributed by atoms with E-state index >= 15 is 0 Å². The molecule has 0 saturated carbocycles. The van der Waals surface area contributed by atoms with Crippen molar-refractivity contribution in [3.8, 4) is 5.75 Å². The summed E-state index contributed by atoms with van der Waals surface area (Å²) in [5.74, 6) is 0.593. The standard InChI is InChI=1S/C38H36N2O4/c1-27(24-36(42)40-22-20-39(21-23-40)26-29-12-6-3-7-13-29)32-18-19-34(38-33(32)25-35(44-38)28(2)41)43-37(30-14-8-4-9-15-30)31-16-10-5-11-17-31/h3-19,24-25,37H,20-23,26H2,1-2H3/b27-24+. The first-order valence-corrected chi connectivity index (χ1v) is 15.0. The number of furan rings is 1. The Labute approximate surface area is 258 Å². The molecule has 0 unspecified atom stereocenters. The summed E-state index contributed by atoms with van der Waals surface area (Å²) >= 11 is 0. The fourth-order valence-corrected chi connectivity index (χ4v) is 5.74. The van der Waals surface area contributed by atoms with Gasteiger partial charge in [-0.25, -0.2) is 0 Å². The number of benzene rings is 4. The maximum atomic E-state index is 13.4. The van der Waals surface area contributed by atoms with E-state index in [1.165, 1.54) is 12.5 Å². The number of hydrogen-bond donors (Lipinski definition) is 0. The lowest BCUT2D eigenvalue weighted by Gasteiger charge is -2.34. The normalized spacial score (nSPS) is 14.2. The number of fused-ring (bicyclic) bond motifs is 1. The summed E-state index contributed by atoms with van der Waals surface area (Å²) in [4.78, 5) is 30.0. The van der Waals surface area contributed by atoms with Crippen molar-refractivity contribution in [3.63, 3.8) is 0 Å². The smallest absolute Gasteiger partial charge is 0.246 e. The molecule has 44 heavy (non-hydrogen) atoms. The van der Waals surface area contributed by atoms with Crippen LogP contribution in [0.3, 0.4) is 0 Å². The highest BCUT2D eigenvalue weighted by atomic mass is 16.5. The van der Waals surface area contributed by atoms with E-state index < -0.39 is 0 Å². The molecule has 0 radical (unpaired) electrons. The molecule has 0 bridgehead atoms. The number of nitrogens with zero attached hydrogens (tertiary/aromatic N) is 2. The highest BCUT2D eigenvalue weighted by Gasteiger charge is 2.23. The molecule has 6 heteroatoms. The number of allylic oxidation sites excluding steroid dienone is 1. The molecule has 2 heterocycles. The first-order chi connectivity index (χ1) is 21.5. The van der Waals surface area contributed by atoms with Gasteiger partial charge in [0.1, 0.15) is 6.10 Å². The second-order valence-electron chi connectivity index (χ2n) is 11.3. The number of rotatable bonds is 9. The van der Waals surface area contributed by atoms with Crippen molar-refractivity contribution < 1.29 is 18.7 Å². The lowest BCUT2D eigenvalue weighted by molar-refractivity contribution is -0.127. The number of ether oxygens (including phenoxy) is 1. The Morgan fingerprint density at radius 1 is 0.795 bits per heavy atom. The maximum absolute atomic E-state index is 13.4. The summed E-state index contributed by atoms with van der Waals surface area (Å²) in [5.41, 5.74) is 5.40. The van der Waals surface area contributed by atoms with Gasteiger partial charge in [-0.15, -0.1) is 0 Å². The SMILES string of the molecule is CC(=O)c1cc2c(/C(C)=C/C(=O)N3CCN(Cc4ccccc4)CC3)ccc(OC(c3ccccc3)c3ccccc3)c2o1. The van der Waals surface area contributed by atoms with Crippen molar-refractivity contribution >= 4 is 28.2 Å². The van der Waals surface area contributed by atoms with Gasteiger partial charge in [0.2, 0.25) is 5.91 Å². The van der Waals surface area contributed by atoms with E-state index in [2.05, 4.69) is 29.2 Å². The van der Waals surface area contributed by atoms with Gasteiger partial charge in [-0.2, -0.15) is 0 Å². The molecule has 1 fully saturated rings. The molecule has 1 saturated heterocycles. The second kappa shape index (κ2) is 13.1. The summed E-state index contributed by atoms with van der Waals surface area (Å²) in [6.45, 7) is 7.32. The van der Waals surface area contributed by atoms with Gasteiger partial charge in [0.05, 0.1) is 0 Å². The molecule has 1 aliphatic rings. The van der Waals surface area contributed by atoms with Gasteiger partial charge in [-0.05, 0) is 46.9 Å². The molecule has 6 nitrogen and oxygen atoms in total. The fraction of sp³-hybridized carbons (Fsp3) is 0.211. The first kappa shape index (κ1) is 29.1. The van der Waals surface area contributed by atoms with Crippen LogP contribution in [0.5, 0.6) is 5.75 Å². The Hall–Kier alpha value is -4.94. The Bertz CT molecular complexity index is 1730. The predicted octanol–water partition coefficient (Wildman–Crippen LogP) is 7.55. The number of hydrogen-bond acceptors (Lipinski definition) is 5.